The lowest BCUT2D eigenvalue weighted by atomic mass is 10.1. The molecule has 4 rings (SSSR count). The molecule has 2 aromatic carbocycles. The summed E-state index contributed by atoms with van der Waals surface area (Å²) in [4.78, 5) is 13.4. The average Bonchev–Trinajstić information content (AvgIpc) is 2.70. The second-order valence-corrected chi connectivity index (χ2v) is 6.19. The number of halogens is 2. The molecular formula is C21H16F2N4. The lowest BCUT2D eigenvalue weighted by Gasteiger charge is -2.17. The molecule has 0 aliphatic rings. The topological polar surface area (TPSA) is 50.7 Å². The number of fused-ring (bicyclic) bond motifs is 1. The number of pyridine rings is 1. The Hall–Kier alpha value is -3.41. The van der Waals surface area contributed by atoms with Gasteiger partial charge in [-0.15, -0.1) is 0 Å². The Morgan fingerprint density at radius 3 is 2.56 bits per heavy atom. The highest BCUT2D eigenvalue weighted by Crippen LogP contribution is 2.28. The van der Waals surface area contributed by atoms with Gasteiger partial charge in [0.25, 0.3) is 0 Å². The van der Waals surface area contributed by atoms with Crippen molar-refractivity contribution in [2.24, 2.45) is 0 Å². The van der Waals surface area contributed by atoms with E-state index < -0.39 is 11.6 Å². The fourth-order valence-electron chi connectivity index (χ4n) is 2.88. The minimum absolute atomic E-state index is 0.278. The van der Waals surface area contributed by atoms with Gasteiger partial charge in [-0.25, -0.2) is 18.7 Å². The molecule has 1 atom stereocenters. The Kier molecular flexibility index (Phi) is 4.46. The Morgan fingerprint density at radius 1 is 0.926 bits per heavy atom. The maximum Gasteiger partial charge on any atom is 0.163 e. The van der Waals surface area contributed by atoms with Gasteiger partial charge in [-0.3, -0.25) is 4.98 Å². The van der Waals surface area contributed by atoms with Crippen molar-refractivity contribution in [1.82, 2.24) is 15.0 Å². The number of rotatable bonds is 4. The third-order valence-corrected chi connectivity index (χ3v) is 4.32. The third-order valence-electron chi connectivity index (χ3n) is 4.32. The Balaban J connectivity index is 1.76. The van der Waals surface area contributed by atoms with Crippen LogP contribution in [0.4, 0.5) is 14.6 Å². The van der Waals surface area contributed by atoms with Crippen LogP contribution in [0.5, 0.6) is 0 Å². The summed E-state index contributed by atoms with van der Waals surface area (Å²) in [5, 5.41) is 4.14. The normalized spacial score (nSPS) is 12.1. The fraction of sp³-hybridized carbons (Fsp3) is 0.0952. The van der Waals surface area contributed by atoms with E-state index in [2.05, 4.69) is 20.3 Å². The number of benzene rings is 2. The highest BCUT2D eigenvalue weighted by Gasteiger charge is 2.14. The highest BCUT2D eigenvalue weighted by atomic mass is 19.2. The first-order valence-corrected chi connectivity index (χ1v) is 8.50. The van der Waals surface area contributed by atoms with E-state index in [0.717, 1.165) is 22.5 Å². The van der Waals surface area contributed by atoms with Gasteiger partial charge < -0.3 is 5.32 Å². The molecule has 0 bridgehead atoms. The maximum absolute atomic E-state index is 13.6. The van der Waals surface area contributed by atoms with Crippen LogP contribution < -0.4 is 5.32 Å². The number of hydrogen-bond donors (Lipinski definition) is 1. The van der Waals surface area contributed by atoms with Crippen LogP contribution in [0.25, 0.3) is 22.3 Å². The standard InChI is InChI=1S/C21H16F2N4/c1-13(14-8-9-17(22)18(23)11-14)25-21-16-6-2-3-7-19(16)26-20(27-21)15-5-4-10-24-12-15/h2-13H,1H3,(H,25,26,27)/t13-/m1/s1. The zero-order valence-corrected chi connectivity index (χ0v) is 14.5. The SMILES string of the molecule is C[C@@H](Nc1nc(-c2cccnc2)nc2ccccc12)c1ccc(F)c(F)c1. The van der Waals surface area contributed by atoms with E-state index in [1.54, 1.807) is 18.5 Å². The Bertz CT molecular complexity index is 1100. The van der Waals surface area contributed by atoms with Crippen LogP contribution in [0.2, 0.25) is 0 Å². The Labute approximate surface area is 154 Å². The van der Waals surface area contributed by atoms with Crippen molar-refractivity contribution < 1.29 is 8.78 Å². The van der Waals surface area contributed by atoms with Crippen molar-refractivity contribution in [1.29, 1.82) is 0 Å². The Morgan fingerprint density at radius 2 is 1.78 bits per heavy atom. The summed E-state index contributed by atoms with van der Waals surface area (Å²) >= 11 is 0. The van der Waals surface area contributed by atoms with Gasteiger partial charge >= 0.3 is 0 Å². The molecule has 0 saturated carbocycles. The molecule has 0 saturated heterocycles. The van der Waals surface area contributed by atoms with Gasteiger partial charge in [-0.2, -0.15) is 0 Å². The minimum atomic E-state index is -0.871. The van der Waals surface area contributed by atoms with Crippen LogP contribution in [-0.4, -0.2) is 15.0 Å². The van der Waals surface area contributed by atoms with E-state index in [-0.39, 0.29) is 6.04 Å². The molecule has 6 heteroatoms. The maximum atomic E-state index is 13.6. The number of aromatic nitrogens is 3. The van der Waals surface area contributed by atoms with Gasteiger partial charge in [-0.05, 0) is 48.9 Å². The quantitative estimate of drug-likeness (QED) is 0.546. The van der Waals surface area contributed by atoms with Crippen LogP contribution in [0.15, 0.2) is 67.0 Å². The molecule has 0 aliphatic carbocycles. The van der Waals surface area contributed by atoms with Crippen molar-refractivity contribution in [2.45, 2.75) is 13.0 Å². The van der Waals surface area contributed by atoms with Crippen molar-refractivity contribution in [3.8, 4) is 11.4 Å². The molecule has 0 aliphatic heterocycles. The van der Waals surface area contributed by atoms with Crippen LogP contribution in [0, 0.1) is 11.6 Å². The number of hydrogen-bond acceptors (Lipinski definition) is 4. The van der Waals surface area contributed by atoms with E-state index in [4.69, 9.17) is 0 Å². The van der Waals surface area contributed by atoms with Gasteiger partial charge in [0.2, 0.25) is 0 Å². The molecular weight excluding hydrogens is 346 g/mol. The fourth-order valence-corrected chi connectivity index (χ4v) is 2.88. The second-order valence-electron chi connectivity index (χ2n) is 6.19. The first-order valence-electron chi connectivity index (χ1n) is 8.50. The predicted octanol–water partition coefficient (Wildman–Crippen LogP) is 5.14. The van der Waals surface area contributed by atoms with Crippen LogP contribution in [0.3, 0.4) is 0 Å². The van der Waals surface area contributed by atoms with Crippen molar-refractivity contribution >= 4 is 16.7 Å². The molecule has 0 unspecified atom stereocenters. The molecule has 0 fully saturated rings. The highest BCUT2D eigenvalue weighted by molar-refractivity contribution is 5.90. The van der Waals surface area contributed by atoms with Crippen molar-refractivity contribution in [3.05, 3.63) is 84.2 Å². The third kappa shape index (κ3) is 3.46. The first-order chi connectivity index (χ1) is 13.1. The molecule has 0 radical (unpaired) electrons. The molecule has 0 spiro atoms. The lowest BCUT2D eigenvalue weighted by Crippen LogP contribution is -2.10. The van der Waals surface area contributed by atoms with E-state index in [1.165, 1.54) is 6.07 Å². The molecule has 0 amide bonds. The van der Waals surface area contributed by atoms with Gasteiger partial charge in [0.1, 0.15) is 5.82 Å². The summed E-state index contributed by atoms with van der Waals surface area (Å²) in [5.74, 6) is -0.569. The largest absolute Gasteiger partial charge is 0.363 e. The summed E-state index contributed by atoms with van der Waals surface area (Å²) in [5.41, 5.74) is 2.21. The summed E-state index contributed by atoms with van der Waals surface area (Å²) in [6.07, 6.45) is 3.39. The molecule has 134 valence electrons. The monoisotopic (exact) mass is 362 g/mol. The van der Waals surface area contributed by atoms with Crippen LogP contribution in [0.1, 0.15) is 18.5 Å². The first kappa shape index (κ1) is 17.0. The van der Waals surface area contributed by atoms with Gasteiger partial charge in [0, 0.05) is 23.3 Å². The number of nitrogens with zero attached hydrogens (tertiary/aromatic N) is 3. The summed E-state index contributed by atoms with van der Waals surface area (Å²) in [7, 11) is 0. The number of anilines is 1. The van der Waals surface area contributed by atoms with E-state index in [1.807, 2.05) is 43.3 Å². The van der Waals surface area contributed by atoms with Crippen LogP contribution >= 0.6 is 0 Å². The second kappa shape index (κ2) is 7.07. The van der Waals surface area contributed by atoms with Crippen LogP contribution in [-0.2, 0) is 0 Å². The van der Waals surface area contributed by atoms with Gasteiger partial charge in [-0.1, -0.05) is 18.2 Å². The minimum Gasteiger partial charge on any atom is -0.363 e. The predicted molar refractivity (Wildman–Crippen MR) is 101 cm³/mol. The molecule has 1 N–H and O–H groups in total. The van der Waals surface area contributed by atoms with Crippen molar-refractivity contribution in [2.75, 3.05) is 5.32 Å². The van der Waals surface area contributed by atoms with Gasteiger partial charge in [0.05, 0.1) is 11.6 Å². The van der Waals surface area contributed by atoms with Gasteiger partial charge in [0.15, 0.2) is 17.5 Å². The smallest absolute Gasteiger partial charge is 0.163 e. The average molecular weight is 362 g/mol. The molecule has 2 aromatic heterocycles. The zero-order valence-electron chi connectivity index (χ0n) is 14.5. The van der Waals surface area contributed by atoms with E-state index in [9.17, 15) is 8.78 Å². The lowest BCUT2D eigenvalue weighted by molar-refractivity contribution is 0.506. The number of nitrogens with one attached hydrogen (secondary N) is 1. The molecule has 2 heterocycles. The molecule has 27 heavy (non-hydrogen) atoms. The van der Waals surface area contributed by atoms with E-state index in [0.29, 0.717) is 17.2 Å². The molecule has 4 nitrogen and oxygen atoms in total. The van der Waals surface area contributed by atoms with E-state index >= 15 is 0 Å². The zero-order chi connectivity index (χ0) is 18.8. The summed E-state index contributed by atoms with van der Waals surface area (Å²) < 4.78 is 26.8. The summed E-state index contributed by atoms with van der Waals surface area (Å²) in [6.45, 7) is 1.87. The van der Waals surface area contributed by atoms with Crippen molar-refractivity contribution in [3.63, 3.8) is 0 Å². The summed E-state index contributed by atoms with van der Waals surface area (Å²) in [6, 6.07) is 15.0. The number of para-hydroxylation sites is 1. The molecule has 4 aromatic rings.